The molecule has 0 atom stereocenters. The number of nitriles is 1. The molecule has 6 rings (SSSR count). The summed E-state index contributed by atoms with van der Waals surface area (Å²) in [5.74, 6) is 1.54. The van der Waals surface area contributed by atoms with E-state index < -0.39 is 0 Å². The van der Waals surface area contributed by atoms with Gasteiger partial charge in [0.15, 0.2) is 0 Å². The number of piperazine rings is 1. The van der Waals surface area contributed by atoms with Gasteiger partial charge >= 0.3 is 0 Å². The molecule has 0 aliphatic carbocycles. The molecule has 12 heteroatoms. The lowest BCUT2D eigenvalue weighted by Gasteiger charge is -2.35. The fourth-order valence-electron chi connectivity index (χ4n) is 5.17. The van der Waals surface area contributed by atoms with Crippen molar-refractivity contribution in [3.8, 4) is 34.5 Å². The smallest absolute Gasteiger partial charge is 0.212 e. The van der Waals surface area contributed by atoms with E-state index in [1.807, 2.05) is 61.5 Å². The molecule has 5 aromatic rings. The van der Waals surface area contributed by atoms with Crippen LogP contribution in [0, 0.1) is 11.3 Å². The molecule has 1 fully saturated rings. The molecule has 0 N–H and O–H groups in total. The van der Waals surface area contributed by atoms with E-state index >= 15 is 0 Å². The number of anilines is 1. The first-order chi connectivity index (χ1) is 21.0. The summed E-state index contributed by atoms with van der Waals surface area (Å²) in [4.78, 5) is 18.8. The highest BCUT2D eigenvalue weighted by Crippen LogP contribution is 2.29. The predicted octanol–water partition coefficient (Wildman–Crippen LogP) is 3.68. The standard InChI is InChI=1S/C31H34N10O2/c1-22(2)43-13-12-40-20-26(18-35-40)27-21-41-31(25(14-32)17-36-41)30(37-27)24-5-6-28(33-16-24)39-10-8-38(9-11-39)19-23-4-7-29(42-3)34-15-23/h4-7,15-18,20-22H,8-13,19H2,1-3H3. The van der Waals surface area contributed by atoms with E-state index in [0.717, 1.165) is 49.7 Å². The summed E-state index contributed by atoms with van der Waals surface area (Å²) in [5.41, 5.74) is 5.31. The lowest BCUT2D eigenvalue weighted by Crippen LogP contribution is -2.46. The Balaban J connectivity index is 1.18. The van der Waals surface area contributed by atoms with E-state index in [4.69, 9.17) is 19.4 Å². The van der Waals surface area contributed by atoms with Gasteiger partial charge in [-0.2, -0.15) is 15.5 Å². The zero-order valence-corrected chi connectivity index (χ0v) is 24.6. The SMILES string of the molecule is COc1ccc(CN2CCN(c3ccc(-c4nc(-c5cnn(CCOC(C)C)c5)cn5ncc(C#N)c45)cn3)CC2)cn1. The maximum absolute atomic E-state index is 9.77. The summed E-state index contributed by atoms with van der Waals surface area (Å²) in [6.07, 6.45) is 11.0. The molecule has 43 heavy (non-hydrogen) atoms. The van der Waals surface area contributed by atoms with E-state index in [1.54, 1.807) is 24.0 Å². The van der Waals surface area contributed by atoms with Gasteiger partial charge in [-0.1, -0.05) is 6.07 Å². The molecular formula is C31H34N10O2. The fraction of sp³-hybridized carbons (Fsp3) is 0.355. The Kier molecular flexibility index (Phi) is 8.26. The molecule has 0 spiro atoms. The lowest BCUT2D eigenvalue weighted by molar-refractivity contribution is 0.0710. The van der Waals surface area contributed by atoms with Crippen LogP contribution in [0.15, 0.2) is 61.4 Å². The largest absolute Gasteiger partial charge is 0.481 e. The molecule has 1 aliphatic rings. The van der Waals surface area contributed by atoms with Crippen molar-refractivity contribution in [2.24, 2.45) is 0 Å². The van der Waals surface area contributed by atoms with Gasteiger partial charge in [-0.05, 0) is 31.5 Å². The number of rotatable bonds is 10. The third kappa shape index (κ3) is 6.33. The molecule has 5 aromatic heterocycles. The van der Waals surface area contributed by atoms with Gasteiger partial charge in [0.05, 0.1) is 56.3 Å². The van der Waals surface area contributed by atoms with Gasteiger partial charge in [0.2, 0.25) is 5.88 Å². The summed E-state index contributed by atoms with van der Waals surface area (Å²) in [6, 6.07) is 10.3. The normalized spacial score (nSPS) is 14.0. The molecule has 1 saturated heterocycles. The molecule has 6 heterocycles. The zero-order chi connectivity index (χ0) is 29.8. The molecular weight excluding hydrogens is 544 g/mol. The van der Waals surface area contributed by atoms with E-state index in [1.165, 1.54) is 5.56 Å². The second-order valence-corrected chi connectivity index (χ2v) is 10.7. The highest BCUT2D eigenvalue weighted by molar-refractivity contribution is 5.83. The van der Waals surface area contributed by atoms with Crippen molar-refractivity contribution in [3.05, 3.63) is 72.6 Å². The van der Waals surface area contributed by atoms with Crippen LogP contribution in [0.4, 0.5) is 5.82 Å². The van der Waals surface area contributed by atoms with Crippen molar-refractivity contribution in [2.75, 3.05) is 44.8 Å². The van der Waals surface area contributed by atoms with Crippen LogP contribution in [0.2, 0.25) is 0 Å². The Labute approximate surface area is 250 Å². The predicted molar refractivity (Wildman–Crippen MR) is 162 cm³/mol. The molecule has 0 amide bonds. The number of methoxy groups -OCH3 is 1. The van der Waals surface area contributed by atoms with Crippen LogP contribution in [0.1, 0.15) is 25.0 Å². The molecule has 0 saturated carbocycles. The zero-order valence-electron chi connectivity index (χ0n) is 24.6. The topological polar surface area (TPSA) is 123 Å². The highest BCUT2D eigenvalue weighted by atomic mass is 16.5. The summed E-state index contributed by atoms with van der Waals surface area (Å²) in [6.45, 7) is 9.71. The van der Waals surface area contributed by atoms with Crippen molar-refractivity contribution in [2.45, 2.75) is 33.0 Å². The maximum atomic E-state index is 9.77. The lowest BCUT2D eigenvalue weighted by atomic mass is 10.1. The Morgan fingerprint density at radius 1 is 0.930 bits per heavy atom. The molecule has 0 unspecified atom stereocenters. The third-order valence-electron chi connectivity index (χ3n) is 7.45. The number of hydrogen-bond donors (Lipinski definition) is 0. The minimum Gasteiger partial charge on any atom is -0.481 e. The van der Waals surface area contributed by atoms with Gasteiger partial charge in [-0.15, -0.1) is 0 Å². The Morgan fingerprint density at radius 3 is 2.49 bits per heavy atom. The van der Waals surface area contributed by atoms with Gasteiger partial charge < -0.3 is 14.4 Å². The molecule has 0 bridgehead atoms. The van der Waals surface area contributed by atoms with Gasteiger partial charge in [-0.3, -0.25) is 9.58 Å². The van der Waals surface area contributed by atoms with Crippen LogP contribution in [-0.2, 0) is 17.8 Å². The number of ether oxygens (including phenoxy) is 2. The second kappa shape index (κ2) is 12.6. The maximum Gasteiger partial charge on any atom is 0.212 e. The van der Waals surface area contributed by atoms with Crippen molar-refractivity contribution in [1.29, 1.82) is 5.26 Å². The Morgan fingerprint density at radius 2 is 1.79 bits per heavy atom. The highest BCUT2D eigenvalue weighted by Gasteiger charge is 2.20. The van der Waals surface area contributed by atoms with Crippen molar-refractivity contribution >= 4 is 11.3 Å². The monoisotopic (exact) mass is 578 g/mol. The van der Waals surface area contributed by atoms with E-state index in [2.05, 4.69) is 37.1 Å². The minimum atomic E-state index is 0.170. The van der Waals surface area contributed by atoms with Gasteiger partial charge in [0.1, 0.15) is 23.0 Å². The summed E-state index contributed by atoms with van der Waals surface area (Å²) in [7, 11) is 1.63. The second-order valence-electron chi connectivity index (χ2n) is 10.7. The van der Waals surface area contributed by atoms with E-state index in [9.17, 15) is 5.26 Å². The molecule has 220 valence electrons. The van der Waals surface area contributed by atoms with Crippen molar-refractivity contribution < 1.29 is 9.47 Å². The number of hydrogen-bond acceptors (Lipinski definition) is 10. The van der Waals surface area contributed by atoms with Gasteiger partial charge in [0.25, 0.3) is 0 Å². The van der Waals surface area contributed by atoms with Gasteiger partial charge in [-0.25, -0.2) is 19.5 Å². The summed E-state index contributed by atoms with van der Waals surface area (Å²) >= 11 is 0. The molecule has 1 aliphatic heterocycles. The minimum absolute atomic E-state index is 0.170. The van der Waals surface area contributed by atoms with E-state index in [-0.39, 0.29) is 6.10 Å². The first-order valence-electron chi connectivity index (χ1n) is 14.4. The fourth-order valence-corrected chi connectivity index (χ4v) is 5.17. The summed E-state index contributed by atoms with van der Waals surface area (Å²) < 4.78 is 14.4. The van der Waals surface area contributed by atoms with E-state index in [0.29, 0.717) is 41.5 Å². The number of fused-ring (bicyclic) bond motifs is 1. The number of nitrogens with zero attached hydrogens (tertiary/aromatic N) is 10. The third-order valence-corrected chi connectivity index (χ3v) is 7.45. The van der Waals surface area contributed by atoms with Crippen molar-refractivity contribution in [3.63, 3.8) is 0 Å². The molecule has 0 radical (unpaired) electrons. The molecule has 0 aromatic carbocycles. The quantitative estimate of drug-likeness (QED) is 0.243. The van der Waals surface area contributed by atoms with Gasteiger partial charge in [0, 0.05) is 68.5 Å². The molecule has 12 nitrogen and oxygen atoms in total. The summed E-state index contributed by atoms with van der Waals surface area (Å²) in [5, 5.41) is 18.7. The van der Waals surface area contributed by atoms with Crippen LogP contribution >= 0.6 is 0 Å². The van der Waals surface area contributed by atoms with Crippen LogP contribution < -0.4 is 9.64 Å². The number of pyridine rings is 2. The number of aromatic nitrogens is 7. The Hall–Kier alpha value is -4.86. The average Bonchev–Trinajstić information content (AvgIpc) is 3.69. The van der Waals surface area contributed by atoms with Crippen LogP contribution in [0.3, 0.4) is 0 Å². The van der Waals surface area contributed by atoms with Crippen LogP contribution in [-0.4, -0.2) is 85.2 Å². The Bertz CT molecular complexity index is 1710. The first kappa shape index (κ1) is 28.3. The van der Waals surface area contributed by atoms with Crippen LogP contribution in [0.25, 0.3) is 28.0 Å². The van der Waals surface area contributed by atoms with Crippen molar-refractivity contribution in [1.82, 2.24) is 39.2 Å². The van der Waals surface area contributed by atoms with Crippen LogP contribution in [0.5, 0.6) is 5.88 Å². The average molecular weight is 579 g/mol. The first-order valence-corrected chi connectivity index (χ1v) is 14.4.